The normalized spacial score (nSPS) is 26.4. The van der Waals surface area contributed by atoms with E-state index in [-0.39, 0.29) is 17.3 Å². The van der Waals surface area contributed by atoms with Crippen LogP contribution >= 0.6 is 0 Å². The van der Waals surface area contributed by atoms with E-state index >= 15 is 0 Å². The van der Waals surface area contributed by atoms with Gasteiger partial charge < -0.3 is 31.5 Å². The van der Waals surface area contributed by atoms with Gasteiger partial charge in [0, 0.05) is 12.0 Å². The maximum absolute atomic E-state index is 14.0. The van der Waals surface area contributed by atoms with Crippen LogP contribution in [0.1, 0.15) is 52.5 Å². The predicted molar refractivity (Wildman–Crippen MR) is 135 cm³/mol. The van der Waals surface area contributed by atoms with Crippen molar-refractivity contribution in [2.45, 2.75) is 76.6 Å². The Morgan fingerprint density at radius 1 is 1.14 bits per heavy atom. The van der Waals surface area contributed by atoms with E-state index in [0.717, 1.165) is 18.4 Å². The molecule has 10 nitrogen and oxygen atoms in total. The summed E-state index contributed by atoms with van der Waals surface area (Å²) in [5, 5.41) is 25.2. The molecule has 37 heavy (non-hydrogen) atoms. The number of amides is 4. The quantitative estimate of drug-likeness (QED) is 0.315. The zero-order valence-electron chi connectivity index (χ0n) is 21.8. The van der Waals surface area contributed by atoms with Gasteiger partial charge >= 0.3 is 6.09 Å². The molecule has 6 N–H and O–H groups in total. The molecule has 1 heterocycles. The number of rotatable bonds is 10. The van der Waals surface area contributed by atoms with Gasteiger partial charge in [0.25, 0.3) is 0 Å². The smallest absolute Gasteiger partial charge is 0.405 e. The number of primary amides is 1. The third kappa shape index (κ3) is 5.16. The highest BCUT2D eigenvalue weighted by Gasteiger charge is 2.70. The molecule has 3 aliphatic rings. The molecule has 202 valence electrons. The van der Waals surface area contributed by atoms with Gasteiger partial charge in [-0.15, -0.1) is 0 Å². The van der Waals surface area contributed by atoms with Crippen molar-refractivity contribution in [3.63, 3.8) is 0 Å². The van der Waals surface area contributed by atoms with Gasteiger partial charge in [-0.3, -0.25) is 14.4 Å². The summed E-state index contributed by atoms with van der Waals surface area (Å²) < 4.78 is 0. The van der Waals surface area contributed by atoms with Crippen molar-refractivity contribution >= 4 is 23.8 Å². The zero-order chi connectivity index (χ0) is 27.3. The monoisotopic (exact) mass is 514 g/mol. The number of hydrogen-bond donors (Lipinski definition) is 5. The molecule has 1 aliphatic heterocycles. The van der Waals surface area contributed by atoms with Gasteiger partial charge in [-0.1, -0.05) is 70.9 Å². The fourth-order valence-corrected chi connectivity index (χ4v) is 6.13. The molecule has 10 heteroatoms. The van der Waals surface area contributed by atoms with Crippen molar-refractivity contribution in [3.8, 4) is 0 Å². The Labute approximate surface area is 217 Å². The second-order valence-corrected chi connectivity index (χ2v) is 12.0. The first-order valence-corrected chi connectivity index (χ1v) is 12.9. The van der Waals surface area contributed by atoms with Crippen LogP contribution < -0.4 is 16.4 Å². The molecule has 0 radical (unpaired) electrons. The number of aliphatic hydroxyl groups is 1. The van der Waals surface area contributed by atoms with Crippen LogP contribution in [0.3, 0.4) is 0 Å². The van der Waals surface area contributed by atoms with Crippen LogP contribution in [0.15, 0.2) is 30.3 Å². The average Bonchev–Trinajstić information content (AvgIpc) is 3.69. The summed E-state index contributed by atoms with van der Waals surface area (Å²) in [5.74, 6) is -1.57. The lowest BCUT2D eigenvalue weighted by Gasteiger charge is -2.39. The Balaban J connectivity index is 1.62. The maximum Gasteiger partial charge on any atom is 0.405 e. The fourth-order valence-electron chi connectivity index (χ4n) is 6.13. The summed E-state index contributed by atoms with van der Waals surface area (Å²) in [6.45, 7) is 8.01. The van der Waals surface area contributed by atoms with Crippen molar-refractivity contribution in [3.05, 3.63) is 35.9 Å². The molecule has 3 fully saturated rings. The van der Waals surface area contributed by atoms with E-state index in [2.05, 4.69) is 10.6 Å². The topological polar surface area (TPSA) is 162 Å². The van der Waals surface area contributed by atoms with Gasteiger partial charge in [-0.25, -0.2) is 4.79 Å². The molecular weight excluding hydrogens is 476 g/mol. The summed E-state index contributed by atoms with van der Waals surface area (Å²) in [7, 11) is 0. The molecule has 0 spiro atoms. The Morgan fingerprint density at radius 3 is 2.30 bits per heavy atom. The first kappa shape index (κ1) is 26.9. The predicted octanol–water partition coefficient (Wildman–Crippen LogP) is 1.21. The summed E-state index contributed by atoms with van der Waals surface area (Å²) in [5.41, 5.74) is 5.04. The lowest BCUT2D eigenvalue weighted by molar-refractivity contribution is -0.144. The van der Waals surface area contributed by atoms with Crippen molar-refractivity contribution in [2.75, 3.05) is 6.54 Å². The summed E-state index contributed by atoms with van der Waals surface area (Å²) in [4.78, 5) is 52.6. The van der Waals surface area contributed by atoms with E-state index in [1.54, 1.807) is 13.8 Å². The van der Waals surface area contributed by atoms with Crippen molar-refractivity contribution in [1.82, 2.24) is 15.5 Å². The fraction of sp³-hybridized carbons (Fsp3) is 0.630. The van der Waals surface area contributed by atoms with Gasteiger partial charge in [0.2, 0.25) is 17.7 Å². The number of nitrogens with zero attached hydrogens (tertiary/aromatic N) is 1. The number of nitrogens with two attached hydrogens (primary N) is 1. The van der Waals surface area contributed by atoms with Crippen LogP contribution in [0, 0.1) is 23.2 Å². The molecular formula is C27H38N4O6. The van der Waals surface area contributed by atoms with Crippen LogP contribution in [-0.2, 0) is 19.8 Å². The molecule has 1 aromatic carbocycles. The number of aliphatic hydroxyl groups excluding tert-OH is 1. The summed E-state index contributed by atoms with van der Waals surface area (Å²) in [6, 6.07) is 6.35. The minimum Gasteiger partial charge on any atom is -0.465 e. The zero-order valence-corrected chi connectivity index (χ0v) is 21.8. The molecule has 0 aromatic heterocycles. The van der Waals surface area contributed by atoms with Crippen LogP contribution in [0.5, 0.6) is 0 Å². The number of likely N-dealkylation sites (tertiary alicyclic amines) is 1. The highest BCUT2D eigenvalue weighted by Crippen LogP contribution is 2.65. The van der Waals surface area contributed by atoms with Crippen molar-refractivity contribution in [2.24, 2.45) is 28.9 Å². The molecule has 1 saturated heterocycles. The number of benzene rings is 1. The van der Waals surface area contributed by atoms with E-state index in [4.69, 9.17) is 5.73 Å². The molecule has 0 bridgehead atoms. The maximum atomic E-state index is 14.0. The number of piperidine rings is 1. The average molecular weight is 515 g/mol. The summed E-state index contributed by atoms with van der Waals surface area (Å²) >= 11 is 0. The molecule has 4 rings (SSSR count). The number of hydrogen-bond acceptors (Lipinski definition) is 5. The van der Waals surface area contributed by atoms with Crippen molar-refractivity contribution < 1.29 is 29.4 Å². The largest absolute Gasteiger partial charge is 0.465 e. The van der Waals surface area contributed by atoms with E-state index in [0.29, 0.717) is 18.9 Å². The Bertz CT molecular complexity index is 1070. The highest BCUT2D eigenvalue weighted by atomic mass is 16.4. The molecule has 2 aliphatic carbocycles. The Kier molecular flexibility index (Phi) is 7.00. The SMILES string of the molecule is CC(C)(c1ccccc1)C(NC(=O)O)C(=O)N1C[C@H]2[C@@H]([C@H]1C(=O)NC(CC1CC1)C(O)C(N)=O)C2(C)C. The minimum atomic E-state index is -1.53. The van der Waals surface area contributed by atoms with Gasteiger partial charge in [0.15, 0.2) is 6.10 Å². The van der Waals surface area contributed by atoms with Crippen LogP contribution in [-0.4, -0.2) is 69.7 Å². The first-order chi connectivity index (χ1) is 17.3. The number of carboxylic acid groups (broad SMARTS) is 1. The standard InChI is InChI=1S/C27H38N4O6/c1-26(2,15-8-6-5-7-9-15)21(30-25(36)37)24(35)31-13-16-18(27(16,3)4)19(31)23(34)29-17(12-14-10-11-14)20(32)22(28)33/h5-9,14,16-21,30,32H,10-13H2,1-4H3,(H2,28,33)(H,29,34)(H,36,37)/t16-,17?,18-,19-,20?,21?/m0/s1. The molecule has 6 atom stereocenters. The number of fused-ring (bicyclic) bond motifs is 1. The third-order valence-corrected chi connectivity index (χ3v) is 8.80. The van der Waals surface area contributed by atoms with Gasteiger partial charge in [0.05, 0.1) is 6.04 Å². The molecule has 2 saturated carbocycles. The lowest BCUT2D eigenvalue weighted by atomic mass is 9.77. The third-order valence-electron chi connectivity index (χ3n) is 8.80. The number of carbonyl (C=O) groups excluding carboxylic acids is 3. The Hall–Kier alpha value is -3.14. The molecule has 4 amide bonds. The highest BCUT2D eigenvalue weighted by molar-refractivity contribution is 5.94. The second-order valence-electron chi connectivity index (χ2n) is 12.0. The van der Waals surface area contributed by atoms with Crippen LogP contribution in [0.4, 0.5) is 4.79 Å². The minimum absolute atomic E-state index is 0.0838. The van der Waals surface area contributed by atoms with Crippen molar-refractivity contribution in [1.29, 1.82) is 0 Å². The van der Waals surface area contributed by atoms with E-state index in [1.807, 2.05) is 44.2 Å². The number of carbonyl (C=O) groups is 4. The van der Waals surface area contributed by atoms with Gasteiger partial charge in [-0.2, -0.15) is 0 Å². The Morgan fingerprint density at radius 2 is 1.76 bits per heavy atom. The van der Waals surface area contributed by atoms with E-state index < -0.39 is 53.5 Å². The van der Waals surface area contributed by atoms with Crippen LogP contribution in [0.2, 0.25) is 0 Å². The van der Waals surface area contributed by atoms with Gasteiger partial charge in [0.1, 0.15) is 12.1 Å². The first-order valence-electron chi connectivity index (χ1n) is 12.9. The second kappa shape index (κ2) is 9.63. The van der Waals surface area contributed by atoms with Crippen LogP contribution in [0.25, 0.3) is 0 Å². The van der Waals surface area contributed by atoms with Gasteiger partial charge in [-0.05, 0) is 35.2 Å². The summed E-state index contributed by atoms with van der Waals surface area (Å²) in [6.07, 6.45) is -0.515. The molecule has 1 aromatic rings. The van der Waals surface area contributed by atoms with E-state index in [1.165, 1.54) is 4.90 Å². The number of nitrogens with one attached hydrogen (secondary N) is 2. The molecule has 3 unspecified atom stereocenters. The lowest BCUT2D eigenvalue weighted by Crippen LogP contribution is -2.62. The van der Waals surface area contributed by atoms with E-state index in [9.17, 15) is 29.4 Å².